The van der Waals surface area contributed by atoms with Gasteiger partial charge in [0.15, 0.2) is 4.34 Å². The van der Waals surface area contributed by atoms with Crippen LogP contribution in [0.1, 0.15) is 23.3 Å². The van der Waals surface area contributed by atoms with Crippen LogP contribution in [0.15, 0.2) is 34.9 Å². The molecular formula is C12H15N3S2. The third-order valence-electron chi connectivity index (χ3n) is 2.42. The molecule has 2 aromatic rings. The summed E-state index contributed by atoms with van der Waals surface area (Å²) in [6.07, 6.45) is 1.58. The van der Waals surface area contributed by atoms with Crippen molar-refractivity contribution in [3.63, 3.8) is 0 Å². The van der Waals surface area contributed by atoms with Crippen LogP contribution in [0.3, 0.4) is 0 Å². The van der Waals surface area contributed by atoms with Crippen molar-refractivity contribution in [2.45, 2.75) is 29.5 Å². The van der Waals surface area contributed by atoms with Crippen LogP contribution >= 0.6 is 23.3 Å². The Balaban J connectivity index is 2.23. The average molecular weight is 265 g/mol. The molecule has 0 saturated carbocycles. The Hall–Kier alpha value is -0.910. The van der Waals surface area contributed by atoms with Crippen LogP contribution in [0.5, 0.6) is 0 Å². The topological polar surface area (TPSA) is 51.8 Å². The fourth-order valence-corrected chi connectivity index (χ4v) is 3.36. The quantitative estimate of drug-likeness (QED) is 0.863. The number of aryl methyl sites for hydroxylation is 1. The maximum absolute atomic E-state index is 6.07. The van der Waals surface area contributed by atoms with Crippen LogP contribution in [0.2, 0.25) is 0 Å². The normalized spacial score (nSPS) is 14.5. The van der Waals surface area contributed by atoms with Gasteiger partial charge in [-0.1, -0.05) is 41.6 Å². The molecule has 3 nitrogen and oxygen atoms in total. The summed E-state index contributed by atoms with van der Waals surface area (Å²) in [4.78, 5) is 4.20. The predicted octanol–water partition coefficient (Wildman–Crippen LogP) is 3.03. The average Bonchev–Trinajstić information content (AvgIpc) is 2.78. The Kier molecular flexibility index (Phi) is 4.15. The van der Waals surface area contributed by atoms with E-state index in [4.69, 9.17) is 5.73 Å². The summed E-state index contributed by atoms with van der Waals surface area (Å²) in [6, 6.07) is 8.54. The summed E-state index contributed by atoms with van der Waals surface area (Å²) < 4.78 is 4.98. The molecule has 0 aliphatic rings. The summed E-state index contributed by atoms with van der Waals surface area (Å²) >= 11 is 3.10. The van der Waals surface area contributed by atoms with Crippen LogP contribution in [0.4, 0.5) is 0 Å². The summed E-state index contributed by atoms with van der Waals surface area (Å²) in [5.74, 6) is 0. The Morgan fingerprint density at radius 1 is 1.41 bits per heavy atom. The number of nitrogens with zero attached hydrogens (tertiary/aromatic N) is 2. The lowest BCUT2D eigenvalue weighted by molar-refractivity contribution is 0.720. The molecule has 1 aromatic carbocycles. The van der Waals surface area contributed by atoms with Crippen molar-refractivity contribution in [3.8, 4) is 0 Å². The molecule has 2 unspecified atom stereocenters. The van der Waals surface area contributed by atoms with Crippen molar-refractivity contribution in [1.82, 2.24) is 9.36 Å². The summed E-state index contributed by atoms with van der Waals surface area (Å²) in [5, 5.41) is 0.225. The predicted molar refractivity (Wildman–Crippen MR) is 73.3 cm³/mol. The van der Waals surface area contributed by atoms with E-state index in [9.17, 15) is 0 Å². The molecular weight excluding hydrogens is 250 g/mol. The maximum atomic E-state index is 6.07. The highest BCUT2D eigenvalue weighted by atomic mass is 32.2. The van der Waals surface area contributed by atoms with Gasteiger partial charge in [0.2, 0.25) is 0 Å². The van der Waals surface area contributed by atoms with Gasteiger partial charge in [-0.2, -0.15) is 4.37 Å². The second-order valence-electron chi connectivity index (χ2n) is 4.02. The van der Waals surface area contributed by atoms with Gasteiger partial charge >= 0.3 is 0 Å². The molecule has 1 heterocycles. The van der Waals surface area contributed by atoms with Crippen LogP contribution in [-0.4, -0.2) is 15.4 Å². The van der Waals surface area contributed by atoms with E-state index in [2.05, 4.69) is 40.5 Å². The van der Waals surface area contributed by atoms with E-state index in [1.807, 2.05) is 6.92 Å². The lowest BCUT2D eigenvalue weighted by Crippen LogP contribution is -2.22. The number of aromatic nitrogens is 2. The highest BCUT2D eigenvalue weighted by molar-refractivity contribution is 8.01. The molecule has 0 bridgehead atoms. The summed E-state index contributed by atoms with van der Waals surface area (Å²) in [5.41, 5.74) is 8.58. The molecule has 0 spiro atoms. The van der Waals surface area contributed by atoms with E-state index >= 15 is 0 Å². The molecule has 2 rings (SSSR count). The van der Waals surface area contributed by atoms with Crippen molar-refractivity contribution in [1.29, 1.82) is 0 Å². The van der Waals surface area contributed by atoms with E-state index < -0.39 is 0 Å². The molecule has 5 heteroatoms. The van der Waals surface area contributed by atoms with Gasteiger partial charge < -0.3 is 5.73 Å². The zero-order chi connectivity index (χ0) is 12.3. The number of hydrogen-bond donors (Lipinski definition) is 1. The Bertz CT molecular complexity index is 468. The number of benzene rings is 1. The molecule has 0 fully saturated rings. The SMILES string of the molecule is Cc1cccc(C(Sc2ncns2)C(C)N)c1. The lowest BCUT2D eigenvalue weighted by Gasteiger charge is -2.19. The van der Waals surface area contributed by atoms with Crippen molar-refractivity contribution in [2.75, 3.05) is 0 Å². The summed E-state index contributed by atoms with van der Waals surface area (Å²) in [7, 11) is 0. The zero-order valence-electron chi connectivity index (χ0n) is 9.83. The standard InChI is InChI=1S/C12H15N3S2/c1-8-4-3-5-10(6-8)11(9(2)13)16-12-14-7-15-17-12/h3-7,9,11H,13H2,1-2H3. The van der Waals surface area contributed by atoms with Crippen LogP contribution < -0.4 is 5.73 Å². The second-order valence-corrected chi connectivity index (χ2v) is 6.19. The number of nitrogens with two attached hydrogens (primary N) is 1. The minimum Gasteiger partial charge on any atom is -0.327 e. The molecule has 1 aromatic heterocycles. The van der Waals surface area contributed by atoms with Gasteiger partial charge in [0, 0.05) is 6.04 Å². The van der Waals surface area contributed by atoms with Crippen molar-refractivity contribution in [2.24, 2.45) is 5.73 Å². The zero-order valence-corrected chi connectivity index (χ0v) is 11.5. The van der Waals surface area contributed by atoms with Crippen molar-refractivity contribution < 1.29 is 0 Å². The van der Waals surface area contributed by atoms with E-state index in [1.165, 1.54) is 22.7 Å². The van der Waals surface area contributed by atoms with E-state index in [1.54, 1.807) is 18.1 Å². The molecule has 0 amide bonds. The van der Waals surface area contributed by atoms with Crippen molar-refractivity contribution in [3.05, 3.63) is 41.7 Å². The first-order chi connectivity index (χ1) is 8.16. The first-order valence-corrected chi connectivity index (χ1v) is 7.07. The largest absolute Gasteiger partial charge is 0.327 e. The van der Waals surface area contributed by atoms with E-state index in [-0.39, 0.29) is 11.3 Å². The smallest absolute Gasteiger partial charge is 0.170 e. The van der Waals surface area contributed by atoms with Gasteiger partial charge in [-0.25, -0.2) is 4.98 Å². The highest BCUT2D eigenvalue weighted by Gasteiger charge is 2.19. The summed E-state index contributed by atoms with van der Waals surface area (Å²) in [6.45, 7) is 4.12. The Morgan fingerprint density at radius 3 is 2.82 bits per heavy atom. The Morgan fingerprint density at radius 2 is 2.24 bits per heavy atom. The fourth-order valence-electron chi connectivity index (χ4n) is 1.65. The fraction of sp³-hybridized carbons (Fsp3) is 0.333. The van der Waals surface area contributed by atoms with Gasteiger partial charge in [0.05, 0.1) is 5.25 Å². The minimum absolute atomic E-state index is 0.0747. The third kappa shape index (κ3) is 3.28. The first-order valence-electron chi connectivity index (χ1n) is 5.42. The molecule has 17 heavy (non-hydrogen) atoms. The Labute approximate surface area is 110 Å². The van der Waals surface area contributed by atoms with Gasteiger partial charge in [-0.05, 0) is 30.9 Å². The first kappa shape index (κ1) is 12.5. The minimum atomic E-state index is 0.0747. The van der Waals surface area contributed by atoms with Crippen LogP contribution in [0, 0.1) is 6.92 Å². The van der Waals surface area contributed by atoms with Gasteiger partial charge in [-0.3, -0.25) is 0 Å². The lowest BCUT2D eigenvalue weighted by atomic mass is 10.0. The third-order valence-corrected chi connectivity index (χ3v) is 4.65. The number of hydrogen-bond acceptors (Lipinski definition) is 5. The van der Waals surface area contributed by atoms with E-state index in [0.29, 0.717) is 0 Å². The molecule has 2 atom stereocenters. The monoisotopic (exact) mass is 265 g/mol. The molecule has 0 aliphatic heterocycles. The molecule has 0 aliphatic carbocycles. The molecule has 2 N–H and O–H groups in total. The molecule has 90 valence electrons. The van der Waals surface area contributed by atoms with E-state index in [0.717, 1.165) is 4.34 Å². The van der Waals surface area contributed by atoms with Gasteiger partial charge in [-0.15, -0.1) is 0 Å². The molecule has 0 radical (unpaired) electrons. The second kappa shape index (κ2) is 5.62. The highest BCUT2D eigenvalue weighted by Crippen LogP contribution is 2.37. The van der Waals surface area contributed by atoms with Crippen LogP contribution in [0.25, 0.3) is 0 Å². The van der Waals surface area contributed by atoms with Crippen molar-refractivity contribution >= 4 is 23.3 Å². The molecule has 0 saturated heterocycles. The maximum Gasteiger partial charge on any atom is 0.170 e. The van der Waals surface area contributed by atoms with Gasteiger partial charge in [0.1, 0.15) is 6.33 Å². The van der Waals surface area contributed by atoms with Crippen LogP contribution in [-0.2, 0) is 0 Å². The number of rotatable bonds is 4. The van der Waals surface area contributed by atoms with Gasteiger partial charge in [0.25, 0.3) is 0 Å². The number of thioether (sulfide) groups is 1.